The van der Waals surface area contributed by atoms with Crippen molar-refractivity contribution in [2.24, 2.45) is 5.92 Å². The van der Waals surface area contributed by atoms with Crippen LogP contribution in [0.3, 0.4) is 0 Å². The first-order valence-electron chi connectivity index (χ1n) is 11.2. The summed E-state index contributed by atoms with van der Waals surface area (Å²) in [4.78, 5) is 0. The fourth-order valence-corrected chi connectivity index (χ4v) is 4.33. The molecule has 1 aliphatic carbocycles. The summed E-state index contributed by atoms with van der Waals surface area (Å²) in [7, 11) is 0. The minimum Gasteiger partial charge on any atom is -0.429 e. The number of alkyl halides is 5. The second kappa shape index (κ2) is 10.5. The van der Waals surface area contributed by atoms with E-state index in [0.29, 0.717) is 5.92 Å². The molecule has 1 aliphatic rings. The summed E-state index contributed by atoms with van der Waals surface area (Å²) in [5.41, 5.74) is 0.760. The van der Waals surface area contributed by atoms with E-state index in [4.69, 9.17) is 4.74 Å². The molecule has 0 aromatic heterocycles. The highest BCUT2D eigenvalue weighted by Crippen LogP contribution is 2.39. The van der Waals surface area contributed by atoms with Crippen molar-refractivity contribution in [2.45, 2.75) is 76.7 Å². The Hall–Kier alpha value is -2.31. The van der Waals surface area contributed by atoms with Crippen molar-refractivity contribution in [3.8, 4) is 11.5 Å². The third kappa shape index (κ3) is 7.10. The van der Waals surface area contributed by atoms with Crippen LogP contribution in [0.15, 0.2) is 48.5 Å². The maximum absolute atomic E-state index is 14.6. The Balaban J connectivity index is 1.55. The maximum atomic E-state index is 14.6. The van der Waals surface area contributed by atoms with Crippen LogP contribution in [0.4, 0.5) is 22.0 Å². The zero-order chi connectivity index (χ0) is 23.2. The molecule has 0 saturated heterocycles. The van der Waals surface area contributed by atoms with Gasteiger partial charge in [0.2, 0.25) is 0 Å². The quantitative estimate of drug-likeness (QED) is 0.278. The molecule has 1 fully saturated rings. The van der Waals surface area contributed by atoms with E-state index < -0.39 is 18.2 Å². The Kier molecular flexibility index (Phi) is 8.01. The number of halogens is 5. The van der Waals surface area contributed by atoms with Gasteiger partial charge in [-0.25, -0.2) is 0 Å². The van der Waals surface area contributed by atoms with Crippen LogP contribution >= 0.6 is 0 Å². The van der Waals surface area contributed by atoms with Gasteiger partial charge < -0.3 is 9.47 Å². The lowest BCUT2D eigenvalue weighted by Crippen LogP contribution is -2.22. The monoisotopic (exact) mass is 456 g/mol. The van der Waals surface area contributed by atoms with Gasteiger partial charge in [0.05, 0.1) is 5.56 Å². The van der Waals surface area contributed by atoms with Crippen LogP contribution in [0.25, 0.3) is 0 Å². The topological polar surface area (TPSA) is 18.5 Å². The highest BCUT2D eigenvalue weighted by molar-refractivity contribution is 5.33. The van der Waals surface area contributed by atoms with Crippen LogP contribution in [0.2, 0.25) is 0 Å². The summed E-state index contributed by atoms with van der Waals surface area (Å²) in [6.45, 7) is 2.21. The van der Waals surface area contributed by atoms with E-state index in [2.05, 4.69) is 11.7 Å². The van der Waals surface area contributed by atoms with E-state index in [1.54, 1.807) is 12.1 Å². The molecule has 0 bridgehead atoms. The molecule has 0 atom stereocenters. The molecule has 32 heavy (non-hydrogen) atoms. The standard InChI is InChI=1S/C25H29F5O2/c1-2-3-4-5-18-6-8-19(9-7-18)20-10-12-21(13-11-20)24(26,27)31-22-14-16-23(17-15-22)32-25(28,29)30/h10-19H,2-9H2,1H3/t18-,19-. The van der Waals surface area contributed by atoms with Crippen molar-refractivity contribution < 1.29 is 31.4 Å². The predicted molar refractivity (Wildman–Crippen MR) is 113 cm³/mol. The maximum Gasteiger partial charge on any atom is 0.573 e. The minimum atomic E-state index is -4.84. The van der Waals surface area contributed by atoms with Gasteiger partial charge in [-0.15, -0.1) is 13.2 Å². The zero-order valence-corrected chi connectivity index (χ0v) is 18.1. The fourth-order valence-electron chi connectivity index (χ4n) is 4.33. The van der Waals surface area contributed by atoms with Crippen LogP contribution in [-0.4, -0.2) is 6.36 Å². The van der Waals surface area contributed by atoms with Crippen molar-refractivity contribution in [1.82, 2.24) is 0 Å². The molecule has 0 radical (unpaired) electrons. The average molecular weight is 456 g/mol. The fraction of sp³-hybridized carbons (Fsp3) is 0.520. The normalized spacial score (nSPS) is 19.6. The van der Waals surface area contributed by atoms with E-state index in [1.165, 1.54) is 50.7 Å². The number of benzene rings is 2. The molecule has 1 saturated carbocycles. The SMILES string of the molecule is CCCCC[C@H]1CC[C@H](c2ccc(C(F)(F)Oc3ccc(OC(F)(F)F)cc3)cc2)CC1. The van der Waals surface area contributed by atoms with E-state index in [1.807, 2.05) is 0 Å². The summed E-state index contributed by atoms with van der Waals surface area (Å²) in [5.74, 6) is 0.414. The van der Waals surface area contributed by atoms with E-state index in [0.717, 1.165) is 48.6 Å². The molecule has 2 aromatic rings. The second-order valence-corrected chi connectivity index (χ2v) is 8.47. The largest absolute Gasteiger partial charge is 0.573 e. The molecule has 7 heteroatoms. The third-order valence-corrected chi connectivity index (χ3v) is 6.08. The van der Waals surface area contributed by atoms with E-state index in [9.17, 15) is 22.0 Å². The molecule has 0 unspecified atom stereocenters. The van der Waals surface area contributed by atoms with Crippen molar-refractivity contribution in [2.75, 3.05) is 0 Å². The number of hydrogen-bond acceptors (Lipinski definition) is 2. The highest BCUT2D eigenvalue weighted by atomic mass is 19.4. The van der Waals surface area contributed by atoms with Crippen LogP contribution in [0.1, 0.15) is 75.3 Å². The lowest BCUT2D eigenvalue weighted by molar-refractivity contribution is -0.274. The van der Waals surface area contributed by atoms with Gasteiger partial charge in [0.15, 0.2) is 0 Å². The minimum absolute atomic E-state index is 0.255. The molecule has 0 N–H and O–H groups in total. The number of ether oxygens (including phenoxy) is 2. The molecule has 0 heterocycles. The predicted octanol–water partition coefficient (Wildman–Crippen LogP) is 8.57. The van der Waals surface area contributed by atoms with Gasteiger partial charge in [0, 0.05) is 0 Å². The van der Waals surface area contributed by atoms with Crippen molar-refractivity contribution >= 4 is 0 Å². The Morgan fingerprint density at radius 1 is 0.750 bits per heavy atom. The lowest BCUT2D eigenvalue weighted by Gasteiger charge is -2.29. The summed E-state index contributed by atoms with van der Waals surface area (Å²) < 4.78 is 74.2. The van der Waals surface area contributed by atoms with Crippen molar-refractivity contribution in [1.29, 1.82) is 0 Å². The van der Waals surface area contributed by atoms with Crippen molar-refractivity contribution in [3.05, 3.63) is 59.7 Å². The van der Waals surface area contributed by atoms with Gasteiger partial charge in [0.25, 0.3) is 0 Å². The van der Waals surface area contributed by atoms with Crippen LogP contribution in [-0.2, 0) is 6.11 Å². The van der Waals surface area contributed by atoms with Crippen LogP contribution in [0, 0.1) is 5.92 Å². The summed E-state index contributed by atoms with van der Waals surface area (Å²) >= 11 is 0. The van der Waals surface area contributed by atoms with Crippen molar-refractivity contribution in [3.63, 3.8) is 0 Å². The van der Waals surface area contributed by atoms with Crippen LogP contribution in [0.5, 0.6) is 11.5 Å². The van der Waals surface area contributed by atoms with Gasteiger partial charge in [0.1, 0.15) is 11.5 Å². The first-order valence-corrected chi connectivity index (χ1v) is 11.2. The highest BCUT2D eigenvalue weighted by Gasteiger charge is 2.35. The molecule has 2 aromatic carbocycles. The van der Waals surface area contributed by atoms with Gasteiger partial charge in [-0.05, 0) is 79.5 Å². The Morgan fingerprint density at radius 3 is 1.84 bits per heavy atom. The molecule has 2 nitrogen and oxygen atoms in total. The van der Waals surface area contributed by atoms with Gasteiger partial charge in [-0.2, -0.15) is 8.78 Å². The first kappa shape index (κ1) is 24.3. The molecule has 0 spiro atoms. The average Bonchev–Trinajstić information content (AvgIpc) is 2.75. The third-order valence-electron chi connectivity index (χ3n) is 6.08. The molecule has 0 amide bonds. The molecule has 176 valence electrons. The van der Waals surface area contributed by atoms with Gasteiger partial charge in [-0.1, -0.05) is 44.7 Å². The molecule has 0 aliphatic heterocycles. The molecule has 3 rings (SSSR count). The number of hydrogen-bond donors (Lipinski definition) is 0. The Morgan fingerprint density at radius 2 is 1.31 bits per heavy atom. The summed E-state index contributed by atoms with van der Waals surface area (Å²) in [6.07, 6.45) is 1.15. The van der Waals surface area contributed by atoms with E-state index >= 15 is 0 Å². The second-order valence-electron chi connectivity index (χ2n) is 8.47. The van der Waals surface area contributed by atoms with E-state index in [-0.39, 0.29) is 11.3 Å². The Labute approximate surface area is 185 Å². The zero-order valence-electron chi connectivity index (χ0n) is 18.1. The Bertz CT molecular complexity index is 823. The summed E-state index contributed by atoms with van der Waals surface area (Å²) in [6, 6.07) is 10.1. The first-order chi connectivity index (χ1) is 15.2. The number of rotatable bonds is 9. The van der Waals surface area contributed by atoms with Crippen LogP contribution < -0.4 is 9.47 Å². The molecular formula is C25H29F5O2. The van der Waals surface area contributed by atoms with Gasteiger partial charge in [-0.3, -0.25) is 0 Å². The molecular weight excluding hydrogens is 427 g/mol. The summed E-state index contributed by atoms with van der Waals surface area (Å²) in [5, 5.41) is 0. The smallest absolute Gasteiger partial charge is 0.429 e. The lowest BCUT2D eigenvalue weighted by atomic mass is 9.77. The van der Waals surface area contributed by atoms with Gasteiger partial charge >= 0.3 is 12.5 Å². The number of unbranched alkanes of at least 4 members (excludes halogenated alkanes) is 2.